The van der Waals surface area contributed by atoms with Crippen molar-refractivity contribution in [2.45, 2.75) is 68.2 Å². The lowest BCUT2D eigenvalue weighted by Gasteiger charge is -2.07. The van der Waals surface area contributed by atoms with Gasteiger partial charge in [-0.3, -0.25) is 4.79 Å². The van der Waals surface area contributed by atoms with Crippen LogP contribution in [0.4, 0.5) is 0 Å². The van der Waals surface area contributed by atoms with Crippen molar-refractivity contribution in [3.8, 4) is 16.9 Å². The predicted molar refractivity (Wildman–Crippen MR) is 130 cm³/mol. The van der Waals surface area contributed by atoms with Crippen LogP contribution in [-0.2, 0) is 11.2 Å². The minimum Gasteiger partial charge on any atom is -0.481 e. The van der Waals surface area contributed by atoms with E-state index in [1.165, 1.54) is 0 Å². The second kappa shape index (κ2) is 19.4. The molecule has 0 aliphatic rings. The van der Waals surface area contributed by atoms with E-state index in [0.717, 1.165) is 22.6 Å². The van der Waals surface area contributed by atoms with Gasteiger partial charge in [0.15, 0.2) is 0 Å². The Morgan fingerprint density at radius 3 is 1.73 bits per heavy atom. The summed E-state index contributed by atoms with van der Waals surface area (Å²) >= 11 is 0. The summed E-state index contributed by atoms with van der Waals surface area (Å²) in [5.41, 5.74) is 3.76. The first-order chi connectivity index (χ1) is 14.7. The van der Waals surface area contributed by atoms with E-state index < -0.39 is 5.97 Å². The van der Waals surface area contributed by atoms with Gasteiger partial charge in [-0.25, -0.2) is 4.68 Å². The second-order valence-corrected chi connectivity index (χ2v) is 5.03. The number of aromatic nitrogens is 2. The number of aryl methyl sites for hydroxylation is 1. The molecule has 0 radical (unpaired) electrons. The average Bonchev–Trinajstić information content (AvgIpc) is 3.28. The van der Waals surface area contributed by atoms with E-state index in [4.69, 9.17) is 5.11 Å². The third-order valence-corrected chi connectivity index (χ3v) is 3.43. The minimum absolute atomic E-state index is 0.0834. The Morgan fingerprint density at radius 1 is 0.800 bits per heavy atom. The molecule has 0 aliphatic heterocycles. The fourth-order valence-corrected chi connectivity index (χ4v) is 2.37. The molecular weight excluding hydrogens is 372 g/mol. The smallest absolute Gasteiger partial charge is 0.303 e. The summed E-state index contributed by atoms with van der Waals surface area (Å²) in [6, 6.07) is 21.8. The van der Waals surface area contributed by atoms with Gasteiger partial charge in [-0.2, -0.15) is 5.10 Å². The molecular formula is C26H40N2O2. The number of carboxylic acid groups (broad SMARTS) is 1. The first-order valence-electron chi connectivity index (χ1n) is 11.2. The van der Waals surface area contributed by atoms with E-state index in [1.54, 1.807) is 0 Å². The molecule has 0 saturated heterocycles. The van der Waals surface area contributed by atoms with Gasteiger partial charge in [0, 0.05) is 12.0 Å². The Labute approximate surface area is 183 Å². The number of hydrogen-bond acceptors (Lipinski definition) is 2. The molecule has 4 heteroatoms. The zero-order valence-corrected chi connectivity index (χ0v) is 20.0. The van der Waals surface area contributed by atoms with Crippen LogP contribution in [0.5, 0.6) is 0 Å². The summed E-state index contributed by atoms with van der Waals surface area (Å²) in [6.07, 6.45) is 0.509. The number of benzene rings is 2. The van der Waals surface area contributed by atoms with E-state index in [1.807, 2.05) is 127 Å². The monoisotopic (exact) mass is 412 g/mol. The number of carboxylic acids is 1. The summed E-state index contributed by atoms with van der Waals surface area (Å²) in [6.45, 7) is 16.0. The molecule has 1 heterocycles. The van der Waals surface area contributed by atoms with Crippen LogP contribution in [0.2, 0.25) is 0 Å². The van der Waals surface area contributed by atoms with E-state index in [9.17, 15) is 4.79 Å². The van der Waals surface area contributed by atoms with E-state index in [2.05, 4.69) is 5.10 Å². The highest BCUT2D eigenvalue weighted by Gasteiger charge is 2.12. The quantitative estimate of drug-likeness (QED) is 0.468. The Hall–Kier alpha value is -2.88. The fraction of sp³-hybridized carbons (Fsp3) is 0.385. The van der Waals surface area contributed by atoms with Gasteiger partial charge in [0.1, 0.15) is 0 Å². The molecule has 0 saturated carbocycles. The van der Waals surface area contributed by atoms with Crippen molar-refractivity contribution in [1.29, 1.82) is 0 Å². The lowest BCUT2D eigenvalue weighted by molar-refractivity contribution is -0.136. The Bertz CT molecular complexity index is 709. The van der Waals surface area contributed by atoms with Crippen LogP contribution in [0.3, 0.4) is 0 Å². The molecule has 166 valence electrons. The molecule has 0 amide bonds. The highest BCUT2D eigenvalue weighted by Crippen LogP contribution is 2.24. The highest BCUT2D eigenvalue weighted by atomic mass is 16.4. The number of hydrogen-bond donors (Lipinski definition) is 1. The maximum Gasteiger partial charge on any atom is 0.303 e. The van der Waals surface area contributed by atoms with Crippen LogP contribution in [0.15, 0.2) is 66.7 Å². The zero-order chi connectivity index (χ0) is 23.4. The van der Waals surface area contributed by atoms with Crippen LogP contribution in [0.1, 0.15) is 67.5 Å². The van der Waals surface area contributed by atoms with Gasteiger partial charge in [0.25, 0.3) is 0 Å². The molecule has 0 spiro atoms. The highest BCUT2D eigenvalue weighted by molar-refractivity contribution is 5.67. The summed E-state index contributed by atoms with van der Waals surface area (Å²) in [4.78, 5) is 10.8. The Morgan fingerprint density at radius 2 is 1.27 bits per heavy atom. The topological polar surface area (TPSA) is 55.1 Å². The number of nitrogens with zero attached hydrogens (tertiary/aromatic N) is 2. The maximum atomic E-state index is 10.8. The van der Waals surface area contributed by atoms with Gasteiger partial charge in [0.05, 0.1) is 23.5 Å². The molecule has 0 fully saturated rings. The van der Waals surface area contributed by atoms with Crippen LogP contribution in [0.25, 0.3) is 16.9 Å². The molecule has 0 atom stereocenters. The molecule has 0 bridgehead atoms. The van der Waals surface area contributed by atoms with Gasteiger partial charge >= 0.3 is 5.97 Å². The van der Waals surface area contributed by atoms with Crippen molar-refractivity contribution in [2.75, 3.05) is 0 Å². The van der Waals surface area contributed by atoms with Gasteiger partial charge in [-0.1, -0.05) is 104 Å². The van der Waals surface area contributed by atoms with Crippen molar-refractivity contribution in [3.63, 3.8) is 0 Å². The third kappa shape index (κ3) is 10.1. The summed E-state index contributed by atoms with van der Waals surface area (Å²) in [7, 11) is 0. The third-order valence-electron chi connectivity index (χ3n) is 3.43. The molecule has 2 aromatic carbocycles. The minimum atomic E-state index is -0.810. The largest absolute Gasteiger partial charge is 0.481 e. The number of carbonyl (C=O) groups is 1. The first-order valence-corrected chi connectivity index (χ1v) is 11.2. The number of para-hydroxylation sites is 1. The molecule has 4 nitrogen and oxygen atoms in total. The average molecular weight is 413 g/mol. The Balaban J connectivity index is 0. The predicted octanol–water partition coefficient (Wildman–Crippen LogP) is 7.66. The molecule has 0 aliphatic carbocycles. The van der Waals surface area contributed by atoms with Crippen molar-refractivity contribution in [3.05, 3.63) is 72.4 Å². The fourth-order valence-electron chi connectivity index (χ4n) is 2.37. The lowest BCUT2D eigenvalue weighted by atomic mass is 10.1. The summed E-state index contributed by atoms with van der Waals surface area (Å²) in [5, 5.41) is 13.4. The molecule has 1 N–H and O–H groups in total. The van der Waals surface area contributed by atoms with E-state index >= 15 is 0 Å². The molecule has 3 rings (SSSR count). The molecule has 1 aromatic heterocycles. The molecule has 0 unspecified atom stereocenters. The number of rotatable bonds is 5. The summed E-state index contributed by atoms with van der Waals surface area (Å²) in [5.74, 6) is -0.810. The Kier molecular flexibility index (Phi) is 19.0. The number of aliphatic carboxylic acids is 1. The van der Waals surface area contributed by atoms with Crippen LogP contribution in [0, 0.1) is 0 Å². The van der Waals surface area contributed by atoms with Crippen molar-refractivity contribution in [1.82, 2.24) is 9.78 Å². The normalized spacial score (nSPS) is 8.53. The lowest BCUT2D eigenvalue weighted by Crippen LogP contribution is -2.01. The standard InChI is InChI=1S/C18H16N2O2.4C2H6/c21-18(22)12-11-15-13-17(14-7-3-1-4-8-14)20(19-15)16-9-5-2-6-10-16;4*1-2/h1-10,13H,11-12H2,(H,21,22);4*1-2H3. The zero-order valence-electron chi connectivity index (χ0n) is 20.0. The van der Waals surface area contributed by atoms with Crippen LogP contribution >= 0.6 is 0 Å². The maximum absolute atomic E-state index is 10.8. The van der Waals surface area contributed by atoms with Crippen molar-refractivity contribution < 1.29 is 9.90 Å². The van der Waals surface area contributed by atoms with Crippen LogP contribution < -0.4 is 0 Å². The van der Waals surface area contributed by atoms with Gasteiger partial charge < -0.3 is 5.11 Å². The van der Waals surface area contributed by atoms with Crippen molar-refractivity contribution in [2.24, 2.45) is 0 Å². The van der Waals surface area contributed by atoms with E-state index in [-0.39, 0.29) is 6.42 Å². The molecule has 30 heavy (non-hydrogen) atoms. The second-order valence-electron chi connectivity index (χ2n) is 5.03. The van der Waals surface area contributed by atoms with Gasteiger partial charge in [-0.15, -0.1) is 0 Å². The molecule has 3 aromatic rings. The summed E-state index contributed by atoms with van der Waals surface area (Å²) < 4.78 is 1.87. The van der Waals surface area contributed by atoms with Gasteiger partial charge in [-0.05, 0) is 18.2 Å². The van der Waals surface area contributed by atoms with Crippen molar-refractivity contribution >= 4 is 5.97 Å². The van der Waals surface area contributed by atoms with Gasteiger partial charge in [0.2, 0.25) is 0 Å². The van der Waals surface area contributed by atoms with E-state index in [0.29, 0.717) is 6.42 Å². The SMILES string of the molecule is CC.CC.CC.CC.O=C(O)CCc1cc(-c2ccccc2)n(-c2ccccc2)n1. The van der Waals surface area contributed by atoms with Crippen LogP contribution in [-0.4, -0.2) is 20.9 Å². The first kappa shape index (κ1) is 29.3.